The molecule has 3 rings (SSSR count). The predicted octanol–water partition coefficient (Wildman–Crippen LogP) is 1.90. The number of nitrogens with zero attached hydrogens (tertiary/aromatic N) is 5. The van der Waals surface area contributed by atoms with Gasteiger partial charge in [0.05, 0.1) is 5.69 Å². The lowest BCUT2D eigenvalue weighted by Crippen LogP contribution is -2.31. The fraction of sp³-hybridized carbons (Fsp3) is 0.500. The lowest BCUT2D eigenvalue weighted by Gasteiger charge is -2.16. The normalized spacial score (nSPS) is 16.8. The second-order valence-corrected chi connectivity index (χ2v) is 6.58. The molecule has 0 unspecified atom stereocenters. The maximum Gasteiger partial charge on any atom is 0.248 e. The van der Waals surface area contributed by atoms with E-state index >= 15 is 0 Å². The number of amides is 1. The highest BCUT2D eigenvalue weighted by atomic mass is 16.5. The topological polar surface area (TPSA) is 93.1 Å². The van der Waals surface area contributed by atoms with Gasteiger partial charge in [0.2, 0.25) is 11.9 Å². The Morgan fingerprint density at radius 1 is 1.19 bits per heavy atom. The van der Waals surface area contributed by atoms with Crippen molar-refractivity contribution in [2.24, 2.45) is 0 Å². The van der Waals surface area contributed by atoms with Crippen molar-refractivity contribution in [3.63, 3.8) is 0 Å². The summed E-state index contributed by atoms with van der Waals surface area (Å²) in [5, 5.41) is 3.17. The number of rotatable bonds is 5. The zero-order valence-corrected chi connectivity index (χ0v) is 15.6. The van der Waals surface area contributed by atoms with E-state index in [0.717, 1.165) is 30.0 Å². The SMILES string of the molecule is COCC(=O)N1CC[C@H](c2cc(Nc3nc(C)cc(C)n3)nc(C)n2)C1. The molecular formula is C18H24N6O2. The summed E-state index contributed by atoms with van der Waals surface area (Å²) in [6.07, 6.45) is 0.880. The van der Waals surface area contributed by atoms with Gasteiger partial charge in [-0.2, -0.15) is 0 Å². The van der Waals surface area contributed by atoms with Crippen LogP contribution in [-0.2, 0) is 9.53 Å². The summed E-state index contributed by atoms with van der Waals surface area (Å²) in [6.45, 7) is 7.21. The van der Waals surface area contributed by atoms with E-state index in [-0.39, 0.29) is 18.4 Å². The number of methoxy groups -OCH3 is 1. The first-order valence-electron chi connectivity index (χ1n) is 8.66. The zero-order valence-electron chi connectivity index (χ0n) is 15.6. The van der Waals surface area contributed by atoms with Gasteiger partial charge in [-0.05, 0) is 33.3 Å². The fourth-order valence-electron chi connectivity index (χ4n) is 3.20. The van der Waals surface area contributed by atoms with Crippen LogP contribution >= 0.6 is 0 Å². The van der Waals surface area contributed by atoms with Crippen molar-refractivity contribution < 1.29 is 9.53 Å². The maximum absolute atomic E-state index is 12.0. The molecule has 26 heavy (non-hydrogen) atoms. The number of aromatic nitrogens is 4. The first kappa shape index (κ1) is 18.2. The summed E-state index contributed by atoms with van der Waals surface area (Å²) in [4.78, 5) is 31.6. The van der Waals surface area contributed by atoms with Gasteiger partial charge in [-0.1, -0.05) is 0 Å². The number of hydrogen-bond donors (Lipinski definition) is 1. The van der Waals surface area contributed by atoms with Crippen LogP contribution in [0.1, 0.15) is 35.2 Å². The minimum Gasteiger partial charge on any atom is -0.375 e. The lowest BCUT2D eigenvalue weighted by atomic mass is 10.0. The number of likely N-dealkylation sites (tertiary alicyclic amines) is 1. The smallest absolute Gasteiger partial charge is 0.248 e. The number of carbonyl (C=O) groups is 1. The Balaban J connectivity index is 1.77. The largest absolute Gasteiger partial charge is 0.375 e. The van der Waals surface area contributed by atoms with E-state index in [4.69, 9.17) is 4.74 Å². The molecule has 3 heterocycles. The van der Waals surface area contributed by atoms with Crippen molar-refractivity contribution in [3.05, 3.63) is 35.0 Å². The Labute approximate surface area is 153 Å². The summed E-state index contributed by atoms with van der Waals surface area (Å²) in [5.74, 6) is 2.08. The quantitative estimate of drug-likeness (QED) is 0.874. The van der Waals surface area contributed by atoms with Gasteiger partial charge in [-0.25, -0.2) is 19.9 Å². The molecule has 0 aromatic carbocycles. The van der Waals surface area contributed by atoms with Gasteiger partial charge in [-0.15, -0.1) is 0 Å². The highest BCUT2D eigenvalue weighted by molar-refractivity contribution is 5.77. The van der Waals surface area contributed by atoms with Crippen molar-refractivity contribution in [1.29, 1.82) is 0 Å². The molecule has 8 heteroatoms. The van der Waals surface area contributed by atoms with Crippen molar-refractivity contribution in [3.8, 4) is 0 Å². The number of carbonyl (C=O) groups excluding carboxylic acids is 1. The van der Waals surface area contributed by atoms with Crippen LogP contribution in [0.15, 0.2) is 12.1 Å². The Morgan fingerprint density at radius 2 is 1.92 bits per heavy atom. The van der Waals surface area contributed by atoms with Gasteiger partial charge in [0, 0.05) is 43.6 Å². The van der Waals surface area contributed by atoms with Gasteiger partial charge in [0.25, 0.3) is 0 Å². The molecule has 1 atom stereocenters. The molecule has 0 spiro atoms. The second-order valence-electron chi connectivity index (χ2n) is 6.58. The van der Waals surface area contributed by atoms with E-state index in [0.29, 0.717) is 24.1 Å². The van der Waals surface area contributed by atoms with E-state index in [1.54, 1.807) is 0 Å². The van der Waals surface area contributed by atoms with Crippen molar-refractivity contribution in [1.82, 2.24) is 24.8 Å². The van der Waals surface area contributed by atoms with E-state index < -0.39 is 0 Å². The van der Waals surface area contributed by atoms with Crippen LogP contribution < -0.4 is 5.32 Å². The van der Waals surface area contributed by atoms with E-state index in [1.807, 2.05) is 37.8 Å². The van der Waals surface area contributed by atoms with Crippen molar-refractivity contribution in [2.45, 2.75) is 33.1 Å². The molecule has 138 valence electrons. The Kier molecular flexibility index (Phi) is 5.41. The molecule has 1 aliphatic heterocycles. The van der Waals surface area contributed by atoms with Crippen LogP contribution in [0.2, 0.25) is 0 Å². The van der Waals surface area contributed by atoms with Gasteiger partial charge < -0.3 is 15.0 Å². The molecule has 1 N–H and O–H groups in total. The molecule has 1 aliphatic rings. The highest BCUT2D eigenvalue weighted by Gasteiger charge is 2.28. The molecule has 2 aromatic rings. The zero-order chi connectivity index (χ0) is 18.7. The van der Waals surface area contributed by atoms with Crippen LogP contribution in [-0.4, -0.2) is 57.5 Å². The third-order valence-electron chi connectivity index (χ3n) is 4.31. The first-order valence-corrected chi connectivity index (χ1v) is 8.66. The van der Waals surface area contributed by atoms with Crippen LogP contribution in [0.4, 0.5) is 11.8 Å². The van der Waals surface area contributed by atoms with Crippen LogP contribution in [0.25, 0.3) is 0 Å². The first-order chi connectivity index (χ1) is 12.4. The highest BCUT2D eigenvalue weighted by Crippen LogP contribution is 2.27. The average molecular weight is 356 g/mol. The van der Waals surface area contributed by atoms with Crippen LogP contribution in [0, 0.1) is 20.8 Å². The summed E-state index contributed by atoms with van der Waals surface area (Å²) >= 11 is 0. The number of ether oxygens (including phenoxy) is 1. The Morgan fingerprint density at radius 3 is 2.62 bits per heavy atom. The number of hydrogen-bond acceptors (Lipinski definition) is 7. The minimum absolute atomic E-state index is 0.0164. The Bertz CT molecular complexity index is 790. The molecule has 1 amide bonds. The molecule has 0 aliphatic carbocycles. The second kappa shape index (κ2) is 7.74. The third-order valence-corrected chi connectivity index (χ3v) is 4.31. The molecule has 2 aromatic heterocycles. The van der Waals surface area contributed by atoms with Crippen molar-refractivity contribution >= 4 is 17.7 Å². The molecule has 0 saturated carbocycles. The van der Waals surface area contributed by atoms with Gasteiger partial charge in [0.1, 0.15) is 18.2 Å². The number of anilines is 2. The van der Waals surface area contributed by atoms with E-state index in [1.165, 1.54) is 7.11 Å². The summed E-state index contributed by atoms with van der Waals surface area (Å²) in [5.41, 5.74) is 2.72. The van der Waals surface area contributed by atoms with E-state index in [9.17, 15) is 4.79 Å². The molecular weight excluding hydrogens is 332 g/mol. The van der Waals surface area contributed by atoms with Gasteiger partial charge in [-0.3, -0.25) is 4.79 Å². The Hall–Kier alpha value is -2.61. The average Bonchev–Trinajstić information content (AvgIpc) is 3.03. The predicted molar refractivity (Wildman–Crippen MR) is 97.4 cm³/mol. The van der Waals surface area contributed by atoms with Crippen LogP contribution in [0.3, 0.4) is 0 Å². The minimum atomic E-state index is 0.0164. The summed E-state index contributed by atoms with van der Waals surface area (Å²) in [7, 11) is 1.53. The summed E-state index contributed by atoms with van der Waals surface area (Å²) in [6, 6.07) is 3.84. The number of nitrogens with one attached hydrogen (secondary N) is 1. The van der Waals surface area contributed by atoms with Crippen molar-refractivity contribution in [2.75, 3.05) is 32.1 Å². The third kappa shape index (κ3) is 4.32. The van der Waals surface area contributed by atoms with Gasteiger partial charge in [0.15, 0.2) is 0 Å². The van der Waals surface area contributed by atoms with E-state index in [2.05, 4.69) is 25.3 Å². The monoisotopic (exact) mass is 356 g/mol. The lowest BCUT2D eigenvalue weighted by molar-refractivity contribution is -0.134. The fourth-order valence-corrected chi connectivity index (χ4v) is 3.20. The molecule has 8 nitrogen and oxygen atoms in total. The molecule has 1 fully saturated rings. The number of aryl methyl sites for hydroxylation is 3. The van der Waals surface area contributed by atoms with Crippen LogP contribution in [0.5, 0.6) is 0 Å². The van der Waals surface area contributed by atoms with Gasteiger partial charge >= 0.3 is 0 Å². The maximum atomic E-state index is 12.0. The standard InChI is InChI=1S/C18H24N6O2/c1-11-7-12(2)20-18(19-11)23-16-8-15(21-13(3)22-16)14-5-6-24(9-14)17(25)10-26-4/h7-8,14H,5-6,9-10H2,1-4H3,(H,19,20,21,22,23)/t14-/m0/s1. The molecule has 0 radical (unpaired) electrons. The molecule has 0 bridgehead atoms. The molecule has 1 saturated heterocycles. The summed E-state index contributed by atoms with van der Waals surface area (Å²) < 4.78 is 4.94.